The summed E-state index contributed by atoms with van der Waals surface area (Å²) in [5, 5.41) is 15.7. The van der Waals surface area contributed by atoms with E-state index in [-0.39, 0.29) is 18.1 Å². The lowest BCUT2D eigenvalue weighted by Crippen LogP contribution is -2.49. The van der Waals surface area contributed by atoms with E-state index < -0.39 is 0 Å². The summed E-state index contributed by atoms with van der Waals surface area (Å²) in [7, 11) is 0. The van der Waals surface area contributed by atoms with Crippen molar-refractivity contribution in [2.45, 2.75) is 64.0 Å². The highest BCUT2D eigenvalue weighted by Gasteiger charge is 2.34. The fourth-order valence-electron chi connectivity index (χ4n) is 2.37. The van der Waals surface area contributed by atoms with Gasteiger partial charge in [0.1, 0.15) is 0 Å². The Morgan fingerprint density at radius 2 is 2.00 bits per heavy atom. The van der Waals surface area contributed by atoms with Crippen LogP contribution >= 0.6 is 0 Å². The van der Waals surface area contributed by atoms with E-state index in [2.05, 4.69) is 24.5 Å². The summed E-state index contributed by atoms with van der Waals surface area (Å²) in [6.45, 7) is 5.14. The molecule has 0 heterocycles. The van der Waals surface area contributed by atoms with E-state index >= 15 is 0 Å². The Kier molecular flexibility index (Phi) is 5.92. The van der Waals surface area contributed by atoms with Gasteiger partial charge in [0.15, 0.2) is 0 Å². The molecule has 100 valence electrons. The molecule has 0 atom stereocenters. The van der Waals surface area contributed by atoms with Crippen molar-refractivity contribution >= 4 is 5.91 Å². The van der Waals surface area contributed by atoms with Gasteiger partial charge in [0, 0.05) is 12.5 Å². The summed E-state index contributed by atoms with van der Waals surface area (Å²) in [5.41, 5.74) is -0.317. The van der Waals surface area contributed by atoms with Gasteiger partial charge in [0.05, 0.1) is 12.1 Å². The standard InChI is InChI=1S/C13H26N2O2/c1-11(2)14-9-5-6-12(17)15-13(10-16)7-3-4-8-13/h11,14,16H,3-10H2,1-2H3,(H,15,17). The van der Waals surface area contributed by atoms with Crippen LogP contribution in [-0.2, 0) is 4.79 Å². The Balaban J connectivity index is 2.19. The van der Waals surface area contributed by atoms with Crippen LogP contribution in [0.3, 0.4) is 0 Å². The monoisotopic (exact) mass is 242 g/mol. The lowest BCUT2D eigenvalue weighted by Gasteiger charge is -2.28. The van der Waals surface area contributed by atoms with Gasteiger partial charge < -0.3 is 15.7 Å². The van der Waals surface area contributed by atoms with E-state index in [9.17, 15) is 9.90 Å². The molecule has 0 bridgehead atoms. The van der Waals surface area contributed by atoms with Crippen LogP contribution in [0.25, 0.3) is 0 Å². The van der Waals surface area contributed by atoms with E-state index in [0.29, 0.717) is 12.5 Å². The normalized spacial score (nSPS) is 18.6. The van der Waals surface area contributed by atoms with Crippen LogP contribution in [0, 0.1) is 0 Å². The minimum atomic E-state index is -0.317. The number of carbonyl (C=O) groups excluding carboxylic acids is 1. The second-order valence-electron chi connectivity index (χ2n) is 5.41. The quantitative estimate of drug-likeness (QED) is 0.588. The number of aliphatic hydroxyl groups excluding tert-OH is 1. The molecule has 4 nitrogen and oxygen atoms in total. The highest BCUT2D eigenvalue weighted by atomic mass is 16.3. The number of amides is 1. The third kappa shape index (κ3) is 5.04. The Morgan fingerprint density at radius 3 is 2.53 bits per heavy atom. The first-order chi connectivity index (χ1) is 8.08. The van der Waals surface area contributed by atoms with Gasteiger partial charge in [-0.1, -0.05) is 26.7 Å². The Morgan fingerprint density at radius 1 is 1.35 bits per heavy atom. The van der Waals surface area contributed by atoms with Crippen molar-refractivity contribution in [3.05, 3.63) is 0 Å². The maximum atomic E-state index is 11.8. The SMILES string of the molecule is CC(C)NCCCC(=O)NC1(CO)CCCC1. The summed E-state index contributed by atoms with van der Waals surface area (Å²) >= 11 is 0. The van der Waals surface area contributed by atoms with E-state index in [4.69, 9.17) is 0 Å². The van der Waals surface area contributed by atoms with E-state index in [1.54, 1.807) is 0 Å². The Hall–Kier alpha value is -0.610. The molecular weight excluding hydrogens is 216 g/mol. The van der Waals surface area contributed by atoms with Gasteiger partial charge in [-0.2, -0.15) is 0 Å². The van der Waals surface area contributed by atoms with Crippen LogP contribution in [0.15, 0.2) is 0 Å². The minimum Gasteiger partial charge on any atom is -0.394 e. The lowest BCUT2D eigenvalue weighted by molar-refractivity contribution is -0.123. The molecule has 1 aliphatic rings. The van der Waals surface area contributed by atoms with Gasteiger partial charge in [-0.15, -0.1) is 0 Å². The third-order valence-corrected chi connectivity index (χ3v) is 3.40. The molecule has 3 N–H and O–H groups in total. The van der Waals surface area contributed by atoms with Gasteiger partial charge >= 0.3 is 0 Å². The average molecular weight is 242 g/mol. The van der Waals surface area contributed by atoms with Crippen molar-refractivity contribution in [3.63, 3.8) is 0 Å². The van der Waals surface area contributed by atoms with Gasteiger partial charge in [-0.25, -0.2) is 0 Å². The van der Waals surface area contributed by atoms with Crippen LogP contribution in [0.4, 0.5) is 0 Å². The Bertz CT molecular complexity index is 236. The van der Waals surface area contributed by atoms with E-state index in [0.717, 1.165) is 38.6 Å². The topological polar surface area (TPSA) is 61.4 Å². The number of nitrogens with one attached hydrogen (secondary N) is 2. The Labute approximate surface area is 104 Å². The first kappa shape index (κ1) is 14.5. The maximum absolute atomic E-state index is 11.8. The molecule has 1 rings (SSSR count). The van der Waals surface area contributed by atoms with Crippen LogP contribution in [0.2, 0.25) is 0 Å². The minimum absolute atomic E-state index is 0.0724. The molecule has 0 aromatic carbocycles. The number of hydrogen-bond acceptors (Lipinski definition) is 3. The maximum Gasteiger partial charge on any atom is 0.220 e. The predicted octanol–water partition coefficient (Wildman–Crippen LogP) is 1.19. The molecule has 1 saturated carbocycles. The predicted molar refractivity (Wildman–Crippen MR) is 68.8 cm³/mol. The molecule has 0 aliphatic heterocycles. The second kappa shape index (κ2) is 6.97. The van der Waals surface area contributed by atoms with Gasteiger partial charge in [0.25, 0.3) is 0 Å². The molecule has 0 aromatic heterocycles. The van der Waals surface area contributed by atoms with E-state index in [1.165, 1.54) is 0 Å². The summed E-state index contributed by atoms with van der Waals surface area (Å²) < 4.78 is 0. The fourth-order valence-corrected chi connectivity index (χ4v) is 2.37. The summed E-state index contributed by atoms with van der Waals surface area (Å²) in [6, 6.07) is 0.469. The molecule has 1 aliphatic carbocycles. The molecule has 1 amide bonds. The highest BCUT2D eigenvalue weighted by molar-refractivity contribution is 5.76. The number of aliphatic hydroxyl groups is 1. The second-order valence-corrected chi connectivity index (χ2v) is 5.41. The molecule has 1 fully saturated rings. The molecular formula is C13H26N2O2. The summed E-state index contributed by atoms with van der Waals surface area (Å²) in [6.07, 6.45) is 5.44. The van der Waals surface area contributed by atoms with Gasteiger partial charge in [-0.3, -0.25) is 4.79 Å². The van der Waals surface area contributed by atoms with Crippen molar-refractivity contribution in [2.24, 2.45) is 0 Å². The molecule has 0 aromatic rings. The number of carbonyl (C=O) groups is 1. The molecule has 0 radical (unpaired) electrons. The zero-order valence-electron chi connectivity index (χ0n) is 11.1. The highest BCUT2D eigenvalue weighted by Crippen LogP contribution is 2.29. The summed E-state index contributed by atoms with van der Waals surface area (Å²) in [4.78, 5) is 11.8. The summed E-state index contributed by atoms with van der Waals surface area (Å²) in [5.74, 6) is 0.0755. The van der Waals surface area contributed by atoms with Gasteiger partial charge in [-0.05, 0) is 25.8 Å². The van der Waals surface area contributed by atoms with Crippen LogP contribution < -0.4 is 10.6 Å². The van der Waals surface area contributed by atoms with E-state index in [1.807, 2.05) is 0 Å². The van der Waals surface area contributed by atoms with Crippen LogP contribution in [-0.4, -0.2) is 35.7 Å². The molecule has 0 spiro atoms. The van der Waals surface area contributed by atoms with Crippen LogP contribution in [0.5, 0.6) is 0 Å². The number of hydrogen-bond donors (Lipinski definition) is 3. The smallest absolute Gasteiger partial charge is 0.220 e. The number of rotatable bonds is 7. The molecule has 4 heteroatoms. The zero-order chi connectivity index (χ0) is 12.7. The van der Waals surface area contributed by atoms with Crippen molar-refractivity contribution in [1.82, 2.24) is 10.6 Å². The molecule has 17 heavy (non-hydrogen) atoms. The first-order valence-corrected chi connectivity index (χ1v) is 6.73. The fraction of sp³-hybridized carbons (Fsp3) is 0.923. The van der Waals surface area contributed by atoms with Crippen LogP contribution in [0.1, 0.15) is 52.4 Å². The van der Waals surface area contributed by atoms with Crippen molar-refractivity contribution in [3.8, 4) is 0 Å². The average Bonchev–Trinajstić information content (AvgIpc) is 2.73. The largest absolute Gasteiger partial charge is 0.394 e. The third-order valence-electron chi connectivity index (χ3n) is 3.40. The van der Waals surface area contributed by atoms with Gasteiger partial charge in [0.2, 0.25) is 5.91 Å². The molecule has 0 unspecified atom stereocenters. The van der Waals surface area contributed by atoms with Crippen molar-refractivity contribution in [2.75, 3.05) is 13.2 Å². The first-order valence-electron chi connectivity index (χ1n) is 6.73. The van der Waals surface area contributed by atoms with Crippen molar-refractivity contribution in [1.29, 1.82) is 0 Å². The lowest BCUT2D eigenvalue weighted by atomic mass is 9.98. The zero-order valence-corrected chi connectivity index (χ0v) is 11.1. The van der Waals surface area contributed by atoms with Crippen molar-refractivity contribution < 1.29 is 9.90 Å². The molecule has 0 saturated heterocycles.